The number of rotatable bonds is 5. The molecule has 0 radical (unpaired) electrons. The molecule has 2 amide bonds. The average Bonchev–Trinajstić information content (AvgIpc) is 2.76. The number of hydrogen-bond acceptors (Lipinski definition) is 5. The normalized spacial score (nSPS) is 17.7. The fourth-order valence-electron chi connectivity index (χ4n) is 1.94. The van der Waals surface area contributed by atoms with E-state index < -0.39 is 0 Å². The van der Waals surface area contributed by atoms with E-state index in [-0.39, 0.29) is 29.9 Å². The van der Waals surface area contributed by atoms with Gasteiger partial charge in [-0.3, -0.25) is 9.59 Å². The van der Waals surface area contributed by atoms with Crippen LogP contribution in [0.15, 0.2) is 34.5 Å². The van der Waals surface area contributed by atoms with Crippen LogP contribution in [0.3, 0.4) is 0 Å². The summed E-state index contributed by atoms with van der Waals surface area (Å²) in [5, 5.41) is 16.9. The molecule has 7 nitrogen and oxygen atoms in total. The third-order valence-electron chi connectivity index (χ3n) is 3.10. The Kier molecular flexibility index (Phi) is 4.65. The number of hydrazone groups is 2. The Balaban J connectivity index is 1.77. The largest absolute Gasteiger partial charge is 0.508 e. The molecule has 21 heavy (non-hydrogen) atoms. The fraction of sp³-hybridized carbons (Fsp3) is 0.286. The number of aromatic hydroxyl groups is 1. The predicted molar refractivity (Wildman–Crippen MR) is 77.8 cm³/mol. The van der Waals surface area contributed by atoms with E-state index in [9.17, 15) is 14.7 Å². The highest BCUT2D eigenvalue weighted by Gasteiger charge is 2.26. The number of nitrogens with one attached hydrogen (secondary N) is 2. The molecule has 1 aromatic rings. The summed E-state index contributed by atoms with van der Waals surface area (Å²) in [7, 11) is 0. The molecule has 0 aliphatic carbocycles. The van der Waals surface area contributed by atoms with Gasteiger partial charge in [0, 0.05) is 12.1 Å². The van der Waals surface area contributed by atoms with Crippen LogP contribution in [-0.4, -0.2) is 28.8 Å². The Labute approximate surface area is 121 Å². The molecule has 1 atom stereocenters. The minimum absolute atomic E-state index is 0.132. The predicted octanol–water partition coefficient (Wildman–Crippen LogP) is 0.744. The van der Waals surface area contributed by atoms with Gasteiger partial charge in [0.1, 0.15) is 5.75 Å². The van der Waals surface area contributed by atoms with Crippen molar-refractivity contribution in [2.75, 3.05) is 0 Å². The maximum absolute atomic E-state index is 11.6. The van der Waals surface area contributed by atoms with Crippen molar-refractivity contribution in [1.82, 2.24) is 10.9 Å². The molecule has 0 fully saturated rings. The summed E-state index contributed by atoms with van der Waals surface area (Å²) >= 11 is 0. The average molecular weight is 288 g/mol. The zero-order valence-electron chi connectivity index (χ0n) is 11.5. The van der Waals surface area contributed by atoms with E-state index in [0.29, 0.717) is 17.7 Å². The first-order valence-corrected chi connectivity index (χ1v) is 6.51. The number of phenols is 1. The molecular formula is C14H16N4O3. The molecular weight excluding hydrogens is 272 g/mol. The van der Waals surface area contributed by atoms with Crippen LogP contribution >= 0.6 is 0 Å². The van der Waals surface area contributed by atoms with Gasteiger partial charge in [0.15, 0.2) is 0 Å². The molecule has 0 spiro atoms. The van der Waals surface area contributed by atoms with Crippen molar-refractivity contribution < 1.29 is 14.7 Å². The molecule has 0 bridgehead atoms. The standard InChI is InChI=1S/C14H16N4O3/c1-9-12(14(21)18-16-9)5-6-13(20)17-15-8-10-3-2-4-11(19)7-10/h2-4,7-8,12,19H,5-6H2,1H3,(H,17,20)(H,18,21)/b15-8-/t12-/m1/s1. The van der Waals surface area contributed by atoms with Crippen LogP contribution < -0.4 is 10.9 Å². The lowest BCUT2D eigenvalue weighted by Gasteiger charge is -2.06. The second-order valence-electron chi connectivity index (χ2n) is 4.71. The summed E-state index contributed by atoms with van der Waals surface area (Å²) in [4.78, 5) is 23.0. The number of carbonyl (C=O) groups excluding carboxylic acids is 2. The van der Waals surface area contributed by atoms with Gasteiger partial charge in [-0.2, -0.15) is 10.2 Å². The zero-order valence-corrected chi connectivity index (χ0v) is 11.5. The fourth-order valence-corrected chi connectivity index (χ4v) is 1.94. The highest BCUT2D eigenvalue weighted by molar-refractivity contribution is 6.07. The lowest BCUT2D eigenvalue weighted by atomic mass is 9.99. The monoisotopic (exact) mass is 288 g/mol. The molecule has 1 aliphatic heterocycles. The van der Waals surface area contributed by atoms with Crippen molar-refractivity contribution in [3.05, 3.63) is 29.8 Å². The molecule has 7 heteroatoms. The maximum Gasteiger partial charge on any atom is 0.248 e. The van der Waals surface area contributed by atoms with Gasteiger partial charge in [0.05, 0.1) is 12.1 Å². The van der Waals surface area contributed by atoms with Gasteiger partial charge in [-0.05, 0) is 31.0 Å². The van der Waals surface area contributed by atoms with Crippen molar-refractivity contribution in [3.63, 3.8) is 0 Å². The van der Waals surface area contributed by atoms with Crippen molar-refractivity contribution in [2.45, 2.75) is 19.8 Å². The van der Waals surface area contributed by atoms with Gasteiger partial charge in [-0.15, -0.1) is 0 Å². The molecule has 1 aromatic carbocycles. The minimum atomic E-state index is -0.342. The van der Waals surface area contributed by atoms with E-state index in [1.54, 1.807) is 25.1 Å². The Hall–Kier alpha value is -2.70. The van der Waals surface area contributed by atoms with E-state index >= 15 is 0 Å². The number of amides is 2. The van der Waals surface area contributed by atoms with Crippen LogP contribution in [0.2, 0.25) is 0 Å². The summed E-state index contributed by atoms with van der Waals surface area (Å²) in [6.07, 6.45) is 2.02. The number of nitrogens with zero attached hydrogens (tertiary/aromatic N) is 2. The first-order valence-electron chi connectivity index (χ1n) is 6.51. The molecule has 0 aromatic heterocycles. The van der Waals surface area contributed by atoms with E-state index in [0.717, 1.165) is 0 Å². The summed E-state index contributed by atoms with van der Waals surface area (Å²) in [5.41, 5.74) is 6.12. The van der Waals surface area contributed by atoms with Crippen molar-refractivity contribution in [3.8, 4) is 5.75 Å². The Morgan fingerprint density at radius 3 is 3.05 bits per heavy atom. The molecule has 1 heterocycles. The van der Waals surface area contributed by atoms with Crippen LogP contribution in [0.4, 0.5) is 0 Å². The molecule has 0 unspecified atom stereocenters. The summed E-state index contributed by atoms with van der Waals surface area (Å²) in [6.45, 7) is 1.75. The van der Waals surface area contributed by atoms with Crippen molar-refractivity contribution in [2.24, 2.45) is 16.1 Å². The van der Waals surface area contributed by atoms with E-state index in [2.05, 4.69) is 21.1 Å². The van der Waals surface area contributed by atoms with Crippen LogP contribution in [0.1, 0.15) is 25.3 Å². The molecule has 0 saturated heterocycles. The first kappa shape index (κ1) is 14.7. The van der Waals surface area contributed by atoms with E-state index in [1.165, 1.54) is 12.3 Å². The number of carbonyl (C=O) groups is 2. The van der Waals surface area contributed by atoms with E-state index in [1.807, 2.05) is 0 Å². The van der Waals surface area contributed by atoms with Crippen molar-refractivity contribution >= 4 is 23.7 Å². The second kappa shape index (κ2) is 6.65. The molecule has 1 aliphatic rings. The van der Waals surface area contributed by atoms with Crippen LogP contribution in [-0.2, 0) is 9.59 Å². The van der Waals surface area contributed by atoms with Gasteiger partial charge >= 0.3 is 0 Å². The lowest BCUT2D eigenvalue weighted by molar-refractivity contribution is -0.123. The van der Waals surface area contributed by atoms with Crippen LogP contribution in [0.25, 0.3) is 0 Å². The highest BCUT2D eigenvalue weighted by Crippen LogP contribution is 2.13. The zero-order chi connectivity index (χ0) is 15.2. The minimum Gasteiger partial charge on any atom is -0.508 e. The smallest absolute Gasteiger partial charge is 0.248 e. The Morgan fingerprint density at radius 2 is 2.38 bits per heavy atom. The first-order chi connectivity index (χ1) is 10.1. The number of phenolic OH excluding ortho intramolecular Hbond substituents is 1. The quantitative estimate of drug-likeness (QED) is 0.550. The number of hydrogen-bond donors (Lipinski definition) is 3. The summed E-state index contributed by atoms with van der Waals surface area (Å²) < 4.78 is 0. The maximum atomic E-state index is 11.6. The van der Waals surface area contributed by atoms with Gasteiger partial charge in [-0.1, -0.05) is 12.1 Å². The number of benzene rings is 1. The molecule has 2 rings (SSSR count). The Bertz CT molecular complexity index is 610. The second-order valence-corrected chi connectivity index (χ2v) is 4.71. The van der Waals surface area contributed by atoms with E-state index in [4.69, 9.17) is 0 Å². The molecule has 0 saturated carbocycles. The van der Waals surface area contributed by atoms with Gasteiger partial charge in [0.25, 0.3) is 0 Å². The van der Waals surface area contributed by atoms with Crippen LogP contribution in [0.5, 0.6) is 5.75 Å². The Morgan fingerprint density at radius 1 is 1.57 bits per heavy atom. The summed E-state index contributed by atoms with van der Waals surface area (Å²) in [5.74, 6) is -0.666. The summed E-state index contributed by atoms with van der Waals surface area (Å²) in [6, 6.07) is 6.50. The van der Waals surface area contributed by atoms with Crippen LogP contribution in [0, 0.1) is 5.92 Å². The molecule has 3 N–H and O–H groups in total. The van der Waals surface area contributed by atoms with Gasteiger partial charge in [0.2, 0.25) is 11.8 Å². The molecule has 110 valence electrons. The third kappa shape index (κ3) is 4.13. The van der Waals surface area contributed by atoms with Gasteiger partial charge in [-0.25, -0.2) is 10.9 Å². The lowest BCUT2D eigenvalue weighted by Crippen LogP contribution is -2.25. The third-order valence-corrected chi connectivity index (χ3v) is 3.10. The van der Waals surface area contributed by atoms with Crippen molar-refractivity contribution in [1.29, 1.82) is 0 Å². The topological polar surface area (TPSA) is 103 Å². The highest BCUT2D eigenvalue weighted by atomic mass is 16.3. The SMILES string of the molecule is CC1=NNC(=O)[C@@H]1CCC(=O)N/N=C\c1cccc(O)c1. The van der Waals surface area contributed by atoms with Gasteiger partial charge < -0.3 is 5.11 Å².